The molecule has 0 N–H and O–H groups in total. The van der Waals surface area contributed by atoms with Crippen LogP contribution in [0.1, 0.15) is 37.0 Å². The number of hydrogen-bond acceptors (Lipinski definition) is 5. The maximum Gasteiger partial charge on any atom is 0.417 e. The maximum atomic E-state index is 13.8. The summed E-state index contributed by atoms with van der Waals surface area (Å²) in [6.45, 7) is 3.23. The van der Waals surface area contributed by atoms with E-state index in [9.17, 15) is 31.1 Å². The number of rotatable bonds is 7. The number of carbonyl (C=O) groups is 1. The van der Waals surface area contributed by atoms with Gasteiger partial charge in [0.15, 0.2) is 5.11 Å². The van der Waals surface area contributed by atoms with Gasteiger partial charge < -0.3 is 9.64 Å². The molecule has 0 radical (unpaired) electrons. The molecule has 3 aromatic rings. The summed E-state index contributed by atoms with van der Waals surface area (Å²) < 4.78 is 87.4. The van der Waals surface area contributed by atoms with Gasteiger partial charge in [-0.25, -0.2) is 0 Å². The lowest BCUT2D eigenvalue weighted by Crippen LogP contribution is -2.44. The van der Waals surface area contributed by atoms with Crippen molar-refractivity contribution in [2.45, 2.75) is 38.2 Å². The number of thiocarbonyl (C=S) groups is 1. The molecule has 1 aromatic heterocycles. The van der Waals surface area contributed by atoms with E-state index in [0.717, 1.165) is 17.0 Å². The minimum absolute atomic E-state index is 0.00615. The van der Waals surface area contributed by atoms with Gasteiger partial charge in [0.25, 0.3) is 5.91 Å². The second-order valence-corrected chi connectivity index (χ2v) is 9.98. The van der Waals surface area contributed by atoms with Gasteiger partial charge in [0.2, 0.25) is 0 Å². The highest BCUT2D eigenvalue weighted by atomic mass is 32.1. The Kier molecular flexibility index (Phi) is 8.00. The summed E-state index contributed by atoms with van der Waals surface area (Å²) >= 11 is 5.44. The summed E-state index contributed by atoms with van der Waals surface area (Å²) in [6.07, 6.45) is -6.43. The normalized spacial score (nSPS) is 15.3. The zero-order valence-electron chi connectivity index (χ0n) is 21.7. The average Bonchev–Trinajstić information content (AvgIpc) is 3.08. The van der Waals surface area contributed by atoms with Crippen molar-refractivity contribution < 1.29 is 35.9 Å². The van der Waals surface area contributed by atoms with Crippen molar-refractivity contribution in [2.24, 2.45) is 0 Å². The smallest absolute Gasteiger partial charge is 0.417 e. The van der Waals surface area contributed by atoms with Crippen LogP contribution in [0, 0.1) is 11.3 Å². The fraction of sp³-hybridized carbons (Fsp3) is 0.286. The molecule has 0 bridgehead atoms. The maximum absolute atomic E-state index is 13.8. The first kappa shape index (κ1) is 29.8. The fourth-order valence-electron chi connectivity index (χ4n) is 4.49. The number of anilines is 1. The Labute approximate surface area is 236 Å². The van der Waals surface area contributed by atoms with E-state index in [-0.39, 0.29) is 41.7 Å². The predicted molar refractivity (Wildman–Crippen MR) is 142 cm³/mol. The van der Waals surface area contributed by atoms with Crippen molar-refractivity contribution in [3.8, 4) is 22.9 Å². The van der Waals surface area contributed by atoms with Crippen LogP contribution in [0.25, 0.3) is 11.1 Å². The van der Waals surface area contributed by atoms with Gasteiger partial charge in [-0.15, -0.1) is 0 Å². The predicted octanol–water partition coefficient (Wildman–Crippen LogP) is 6.84. The summed E-state index contributed by atoms with van der Waals surface area (Å²) in [5.41, 5.74) is -3.68. The van der Waals surface area contributed by atoms with Gasteiger partial charge in [-0.2, -0.15) is 31.6 Å². The van der Waals surface area contributed by atoms with Crippen molar-refractivity contribution in [1.29, 1.82) is 5.26 Å². The van der Waals surface area contributed by atoms with Crippen LogP contribution < -0.4 is 9.64 Å². The van der Waals surface area contributed by atoms with Gasteiger partial charge in [0, 0.05) is 18.9 Å². The Bertz CT molecular complexity index is 1520. The van der Waals surface area contributed by atoms with Crippen LogP contribution in [0.15, 0.2) is 60.9 Å². The number of nitriles is 1. The van der Waals surface area contributed by atoms with E-state index in [1.807, 2.05) is 0 Å². The SMILES string of the molecule is CC1(C)C(=O)N(c2ccc(C#N)c(C(F)(F)F)c2)C(=S)N1CCCOc1ccc(-c2ccncc2)c(C(F)(F)F)c1. The van der Waals surface area contributed by atoms with Crippen molar-refractivity contribution >= 4 is 28.9 Å². The molecule has 0 atom stereocenters. The first-order chi connectivity index (χ1) is 19.2. The van der Waals surface area contributed by atoms with Crippen molar-refractivity contribution in [1.82, 2.24) is 9.88 Å². The topological polar surface area (TPSA) is 69.5 Å². The van der Waals surface area contributed by atoms with E-state index >= 15 is 0 Å². The molecule has 13 heteroatoms. The van der Waals surface area contributed by atoms with Crippen molar-refractivity contribution in [3.63, 3.8) is 0 Å². The lowest BCUT2D eigenvalue weighted by Gasteiger charge is -2.29. The molecule has 1 fully saturated rings. The van der Waals surface area contributed by atoms with E-state index in [4.69, 9.17) is 22.2 Å². The Balaban J connectivity index is 1.48. The number of amides is 1. The monoisotopic (exact) mass is 592 g/mol. The minimum atomic E-state index is -4.82. The molecule has 2 heterocycles. The molecule has 1 aliphatic rings. The second kappa shape index (κ2) is 11.0. The minimum Gasteiger partial charge on any atom is -0.494 e. The number of carbonyl (C=O) groups excluding carboxylic acids is 1. The molecule has 1 aliphatic heterocycles. The molecule has 6 nitrogen and oxygen atoms in total. The highest BCUT2D eigenvalue weighted by Gasteiger charge is 2.49. The van der Waals surface area contributed by atoms with Crippen LogP contribution in [0.5, 0.6) is 5.75 Å². The number of halogens is 6. The molecule has 1 saturated heterocycles. The van der Waals surface area contributed by atoms with Gasteiger partial charge >= 0.3 is 12.4 Å². The third-order valence-corrected chi connectivity index (χ3v) is 7.00. The van der Waals surface area contributed by atoms with Crippen molar-refractivity contribution in [2.75, 3.05) is 18.1 Å². The Morgan fingerprint density at radius 1 is 0.976 bits per heavy atom. The summed E-state index contributed by atoms with van der Waals surface area (Å²) in [4.78, 5) is 19.5. The van der Waals surface area contributed by atoms with Crippen LogP contribution in [-0.4, -0.2) is 39.6 Å². The molecule has 41 heavy (non-hydrogen) atoms. The zero-order valence-corrected chi connectivity index (χ0v) is 22.5. The number of alkyl halides is 6. The number of aromatic nitrogens is 1. The zero-order chi connectivity index (χ0) is 30.2. The van der Waals surface area contributed by atoms with Gasteiger partial charge in [-0.05, 0) is 86.1 Å². The quantitative estimate of drug-likeness (QED) is 0.170. The molecule has 0 saturated carbocycles. The molecule has 1 amide bonds. The molecule has 0 unspecified atom stereocenters. The lowest BCUT2D eigenvalue weighted by atomic mass is 10.00. The third-order valence-electron chi connectivity index (χ3n) is 6.59. The number of hydrogen-bond donors (Lipinski definition) is 0. The van der Waals surface area contributed by atoms with Crippen LogP contribution in [0.2, 0.25) is 0 Å². The van der Waals surface area contributed by atoms with E-state index in [1.165, 1.54) is 53.7 Å². The van der Waals surface area contributed by atoms with Crippen LogP contribution in [-0.2, 0) is 17.1 Å². The number of benzene rings is 2. The number of pyridine rings is 1. The average molecular weight is 593 g/mol. The van der Waals surface area contributed by atoms with Crippen LogP contribution in [0.4, 0.5) is 32.0 Å². The van der Waals surface area contributed by atoms with Crippen LogP contribution in [0.3, 0.4) is 0 Å². The second-order valence-electron chi connectivity index (χ2n) is 9.62. The fourth-order valence-corrected chi connectivity index (χ4v) is 4.99. The Morgan fingerprint density at radius 2 is 1.63 bits per heavy atom. The number of nitrogens with zero attached hydrogens (tertiary/aromatic N) is 4. The summed E-state index contributed by atoms with van der Waals surface area (Å²) in [7, 11) is 0. The molecular formula is C28H22F6N4O2S. The van der Waals surface area contributed by atoms with E-state index < -0.39 is 40.5 Å². The molecule has 2 aromatic carbocycles. The number of ether oxygens (including phenoxy) is 1. The standard InChI is InChI=1S/C28H22F6N4O2S/c1-26(2)24(39)38(19-5-4-18(16-35)22(14-19)27(29,30)31)25(41)37(26)12-3-13-40-20-6-7-21(17-8-10-36-11-9-17)23(15-20)28(32,33)34/h4-11,14-15H,3,12-13H2,1-2H3. The lowest BCUT2D eigenvalue weighted by molar-refractivity contribution is -0.138. The molecular weight excluding hydrogens is 570 g/mol. The molecule has 4 rings (SSSR count). The van der Waals surface area contributed by atoms with E-state index in [2.05, 4.69) is 4.98 Å². The summed E-state index contributed by atoms with van der Waals surface area (Å²) in [5.74, 6) is -0.573. The Morgan fingerprint density at radius 3 is 2.24 bits per heavy atom. The van der Waals surface area contributed by atoms with Crippen molar-refractivity contribution in [3.05, 3.63) is 77.6 Å². The highest BCUT2D eigenvalue weighted by Crippen LogP contribution is 2.40. The summed E-state index contributed by atoms with van der Waals surface area (Å²) in [5, 5.41) is 9.01. The third kappa shape index (κ3) is 5.97. The first-order valence-electron chi connectivity index (χ1n) is 12.2. The first-order valence-corrected chi connectivity index (χ1v) is 12.6. The molecule has 0 spiro atoms. The van der Waals surface area contributed by atoms with Gasteiger partial charge in [0.1, 0.15) is 11.3 Å². The van der Waals surface area contributed by atoms with Crippen LogP contribution >= 0.6 is 12.2 Å². The highest BCUT2D eigenvalue weighted by molar-refractivity contribution is 7.80. The summed E-state index contributed by atoms with van der Waals surface area (Å²) in [6, 6.07) is 11.0. The van der Waals surface area contributed by atoms with E-state index in [1.54, 1.807) is 13.8 Å². The largest absolute Gasteiger partial charge is 0.494 e. The molecule has 0 aliphatic carbocycles. The van der Waals surface area contributed by atoms with Gasteiger partial charge in [0.05, 0.1) is 35.1 Å². The Hall–Kier alpha value is -4.18. The molecule has 214 valence electrons. The van der Waals surface area contributed by atoms with E-state index in [0.29, 0.717) is 11.6 Å². The van der Waals surface area contributed by atoms with Gasteiger partial charge in [-0.1, -0.05) is 6.07 Å². The van der Waals surface area contributed by atoms with Gasteiger partial charge in [-0.3, -0.25) is 14.7 Å².